The number of para-hydroxylation sites is 1. The van der Waals surface area contributed by atoms with Crippen molar-refractivity contribution >= 4 is 34.8 Å². The highest BCUT2D eigenvalue weighted by atomic mass is 35.5. The predicted octanol–water partition coefficient (Wildman–Crippen LogP) is 7.67. The van der Waals surface area contributed by atoms with Crippen molar-refractivity contribution in [1.29, 1.82) is 5.26 Å². The summed E-state index contributed by atoms with van der Waals surface area (Å²) in [6, 6.07) is 23.9. The minimum absolute atomic E-state index is 0.0333. The molecule has 1 amide bonds. The van der Waals surface area contributed by atoms with Gasteiger partial charge in [-0.1, -0.05) is 47.5 Å². The Kier molecular flexibility index (Phi) is 6.26. The van der Waals surface area contributed by atoms with Crippen LogP contribution in [-0.4, -0.2) is 17.6 Å². The molecule has 0 aliphatic carbocycles. The van der Waals surface area contributed by atoms with E-state index in [-0.39, 0.29) is 11.9 Å². The number of nitrogens with zero attached hydrogens (tertiary/aromatic N) is 3. The van der Waals surface area contributed by atoms with Crippen LogP contribution in [0.4, 0.5) is 5.69 Å². The first-order valence-electron chi connectivity index (χ1n) is 11.5. The van der Waals surface area contributed by atoms with Gasteiger partial charge in [0.25, 0.3) is 5.91 Å². The number of hydrogen-bond donors (Lipinski definition) is 0. The van der Waals surface area contributed by atoms with Crippen LogP contribution in [-0.2, 0) is 0 Å². The summed E-state index contributed by atoms with van der Waals surface area (Å²) in [7, 11) is 1.64. The molecule has 4 aromatic rings. The zero-order valence-electron chi connectivity index (χ0n) is 20.0. The van der Waals surface area contributed by atoms with Crippen molar-refractivity contribution in [3.8, 4) is 23.1 Å². The second-order valence-corrected chi connectivity index (χ2v) is 9.77. The fourth-order valence-corrected chi connectivity index (χ4v) is 5.27. The molecule has 1 unspecified atom stereocenters. The Bertz CT molecular complexity index is 1520. The van der Waals surface area contributed by atoms with Gasteiger partial charge in [-0.3, -0.25) is 9.69 Å². The Hall–Kier alpha value is -3.72. The third-order valence-electron chi connectivity index (χ3n) is 6.47. The van der Waals surface area contributed by atoms with Gasteiger partial charge in [-0.2, -0.15) is 5.26 Å². The molecule has 5 nitrogen and oxygen atoms in total. The molecule has 0 radical (unpaired) electrons. The summed E-state index contributed by atoms with van der Waals surface area (Å²) in [5.41, 5.74) is 4.94. The average molecular weight is 516 g/mol. The molecule has 0 spiro atoms. The van der Waals surface area contributed by atoms with Crippen LogP contribution in [0.15, 0.2) is 72.8 Å². The van der Waals surface area contributed by atoms with E-state index in [0.29, 0.717) is 26.9 Å². The first kappa shape index (κ1) is 24.0. The third-order valence-corrected chi connectivity index (χ3v) is 6.95. The summed E-state index contributed by atoms with van der Waals surface area (Å²) in [6.07, 6.45) is 0. The minimum Gasteiger partial charge on any atom is -0.496 e. The lowest BCUT2D eigenvalue weighted by molar-refractivity contribution is 0.0993. The van der Waals surface area contributed by atoms with Crippen molar-refractivity contribution in [3.63, 3.8) is 0 Å². The third kappa shape index (κ3) is 3.83. The number of aromatic nitrogens is 1. The van der Waals surface area contributed by atoms with Gasteiger partial charge in [-0.15, -0.1) is 0 Å². The molecule has 1 aliphatic heterocycles. The van der Waals surface area contributed by atoms with E-state index in [4.69, 9.17) is 27.9 Å². The normalized spacial score (nSPS) is 14.8. The molecule has 0 N–H and O–H groups in total. The van der Waals surface area contributed by atoms with E-state index in [1.807, 2.05) is 54.6 Å². The van der Waals surface area contributed by atoms with Crippen LogP contribution in [0.3, 0.4) is 0 Å². The van der Waals surface area contributed by atoms with Gasteiger partial charge in [-0.05, 0) is 67.9 Å². The molecule has 5 rings (SSSR count). The first-order valence-corrected chi connectivity index (χ1v) is 12.3. The van der Waals surface area contributed by atoms with Crippen LogP contribution in [0.5, 0.6) is 5.75 Å². The van der Waals surface area contributed by atoms with Gasteiger partial charge < -0.3 is 9.30 Å². The number of benzene rings is 3. The van der Waals surface area contributed by atoms with Crippen LogP contribution in [0.1, 0.15) is 53.1 Å². The number of hydrogen-bond acceptors (Lipinski definition) is 3. The highest BCUT2D eigenvalue weighted by Crippen LogP contribution is 2.48. The first-order chi connectivity index (χ1) is 17.3. The number of nitriles is 1. The Morgan fingerprint density at radius 1 is 0.944 bits per heavy atom. The van der Waals surface area contributed by atoms with Gasteiger partial charge in [-0.25, -0.2) is 0 Å². The van der Waals surface area contributed by atoms with Crippen molar-refractivity contribution in [2.45, 2.75) is 25.9 Å². The summed E-state index contributed by atoms with van der Waals surface area (Å²) >= 11 is 12.5. The average Bonchev–Trinajstić information content (AvgIpc) is 3.39. The molecule has 0 bridgehead atoms. The molecule has 1 atom stereocenters. The summed E-state index contributed by atoms with van der Waals surface area (Å²) in [6.45, 7) is 4.18. The number of amides is 1. The van der Waals surface area contributed by atoms with Gasteiger partial charge in [0.05, 0.1) is 35.3 Å². The van der Waals surface area contributed by atoms with Crippen LogP contribution < -0.4 is 9.64 Å². The van der Waals surface area contributed by atoms with Gasteiger partial charge >= 0.3 is 0 Å². The van der Waals surface area contributed by atoms with Crippen molar-refractivity contribution in [3.05, 3.63) is 105 Å². The number of ether oxygens (including phenoxy) is 1. The van der Waals surface area contributed by atoms with Crippen LogP contribution in [0.25, 0.3) is 11.3 Å². The second kappa shape index (κ2) is 9.39. The Morgan fingerprint density at radius 3 is 2.31 bits per heavy atom. The monoisotopic (exact) mass is 515 g/mol. The molecular weight excluding hydrogens is 493 g/mol. The summed E-state index contributed by atoms with van der Waals surface area (Å²) in [4.78, 5) is 15.8. The van der Waals surface area contributed by atoms with Crippen LogP contribution in [0.2, 0.25) is 10.0 Å². The lowest BCUT2D eigenvalue weighted by atomic mass is 10.0. The maximum Gasteiger partial charge on any atom is 0.261 e. The molecule has 0 saturated heterocycles. The maximum atomic E-state index is 14.1. The number of halogens is 2. The van der Waals surface area contributed by atoms with Crippen LogP contribution in [0, 0.1) is 11.3 Å². The fraction of sp³-hybridized carbons (Fsp3) is 0.172. The maximum absolute atomic E-state index is 14.1. The van der Waals surface area contributed by atoms with Gasteiger partial charge in [0.15, 0.2) is 0 Å². The Morgan fingerprint density at radius 2 is 1.64 bits per heavy atom. The molecule has 3 aromatic carbocycles. The lowest BCUT2D eigenvalue weighted by Crippen LogP contribution is -2.30. The highest BCUT2D eigenvalue weighted by Gasteiger charge is 2.44. The number of methoxy groups -OCH3 is 1. The number of rotatable bonds is 5. The van der Waals surface area contributed by atoms with Gasteiger partial charge in [0.2, 0.25) is 0 Å². The molecule has 1 aromatic heterocycles. The van der Waals surface area contributed by atoms with Gasteiger partial charge in [0, 0.05) is 21.7 Å². The number of anilines is 1. The second-order valence-electron chi connectivity index (χ2n) is 8.90. The molecular formula is C29H23Cl2N3O2. The van der Waals surface area contributed by atoms with Crippen molar-refractivity contribution in [2.24, 2.45) is 0 Å². The Labute approximate surface area is 220 Å². The SMILES string of the molecule is COc1ccccc1-c1cc2c(n1C(C)C)C(c1ccc(Cl)cc1)N(c1cc(Cl)ccc1C#N)C2=O. The molecule has 1 aliphatic rings. The van der Waals surface area contributed by atoms with Crippen molar-refractivity contribution in [2.75, 3.05) is 12.0 Å². The van der Waals surface area contributed by atoms with E-state index >= 15 is 0 Å². The summed E-state index contributed by atoms with van der Waals surface area (Å²) in [5.74, 6) is 0.531. The van der Waals surface area contributed by atoms with Crippen molar-refractivity contribution in [1.82, 2.24) is 4.57 Å². The molecule has 0 fully saturated rings. The number of carbonyl (C=O) groups excluding carboxylic acids is 1. The van der Waals surface area contributed by atoms with E-state index in [9.17, 15) is 10.1 Å². The van der Waals surface area contributed by atoms with Crippen molar-refractivity contribution < 1.29 is 9.53 Å². The molecule has 36 heavy (non-hydrogen) atoms. The number of carbonyl (C=O) groups is 1. The summed E-state index contributed by atoms with van der Waals surface area (Å²) < 4.78 is 7.83. The molecule has 0 saturated carbocycles. The zero-order chi connectivity index (χ0) is 25.6. The van der Waals surface area contributed by atoms with E-state index in [1.54, 1.807) is 30.2 Å². The van der Waals surface area contributed by atoms with E-state index in [2.05, 4.69) is 24.5 Å². The number of fused-ring (bicyclic) bond motifs is 1. The fourth-order valence-electron chi connectivity index (χ4n) is 4.98. The molecule has 180 valence electrons. The van der Waals surface area contributed by atoms with E-state index in [1.165, 1.54) is 0 Å². The predicted molar refractivity (Wildman–Crippen MR) is 143 cm³/mol. The van der Waals surface area contributed by atoms with E-state index in [0.717, 1.165) is 28.3 Å². The smallest absolute Gasteiger partial charge is 0.261 e. The zero-order valence-corrected chi connectivity index (χ0v) is 21.5. The summed E-state index contributed by atoms with van der Waals surface area (Å²) in [5, 5.41) is 10.9. The lowest BCUT2D eigenvalue weighted by Gasteiger charge is -2.30. The Balaban J connectivity index is 1.81. The van der Waals surface area contributed by atoms with E-state index < -0.39 is 6.04 Å². The minimum atomic E-state index is -0.485. The topological polar surface area (TPSA) is 58.3 Å². The quantitative estimate of drug-likeness (QED) is 0.274. The van der Waals surface area contributed by atoms with Crippen LogP contribution >= 0.6 is 23.2 Å². The molecule has 7 heteroatoms. The largest absolute Gasteiger partial charge is 0.496 e. The highest BCUT2D eigenvalue weighted by molar-refractivity contribution is 6.31. The standard InChI is InChI=1S/C29H23Cl2N3O2/c1-17(2)33-25(22-6-4-5-7-26(22)36-3)15-23-28(33)27(18-8-11-20(30)12-9-18)34(29(23)35)24-14-21(31)13-10-19(24)16-32/h4-15,17,27H,1-3H3. The molecule has 2 heterocycles. The van der Waals surface area contributed by atoms with Gasteiger partial charge in [0.1, 0.15) is 17.9 Å².